The molecule has 6 heteroatoms. The van der Waals surface area contributed by atoms with Gasteiger partial charge in [0.25, 0.3) is 5.91 Å². The van der Waals surface area contributed by atoms with Gasteiger partial charge >= 0.3 is 0 Å². The number of hydrogen-bond acceptors (Lipinski definition) is 4. The maximum absolute atomic E-state index is 12.0. The summed E-state index contributed by atoms with van der Waals surface area (Å²) in [6.07, 6.45) is 1.39. The van der Waals surface area contributed by atoms with Crippen molar-refractivity contribution < 1.29 is 9.32 Å². The van der Waals surface area contributed by atoms with Gasteiger partial charge < -0.3 is 14.8 Å². The zero-order valence-corrected chi connectivity index (χ0v) is 11.0. The van der Waals surface area contributed by atoms with Gasteiger partial charge in [0.05, 0.1) is 17.3 Å². The molecule has 0 aromatic carbocycles. The standard InChI is InChI=1S/C13H15N3O3/c1-7(12-8(2)16-19-9(12)3)15-13(18)10-4-5-11(17)14-6-10/h4-7H,1-3H3,(H,14,17)(H,15,18). The summed E-state index contributed by atoms with van der Waals surface area (Å²) in [5.41, 5.74) is 1.79. The van der Waals surface area contributed by atoms with E-state index in [1.807, 2.05) is 13.8 Å². The van der Waals surface area contributed by atoms with E-state index in [9.17, 15) is 9.59 Å². The molecule has 1 atom stereocenters. The van der Waals surface area contributed by atoms with Crippen molar-refractivity contribution >= 4 is 5.91 Å². The van der Waals surface area contributed by atoms with Gasteiger partial charge in [0.2, 0.25) is 5.56 Å². The topological polar surface area (TPSA) is 88.0 Å². The molecule has 1 unspecified atom stereocenters. The summed E-state index contributed by atoms with van der Waals surface area (Å²) in [7, 11) is 0. The monoisotopic (exact) mass is 261 g/mol. The van der Waals surface area contributed by atoms with Crippen molar-refractivity contribution in [3.8, 4) is 0 Å². The lowest BCUT2D eigenvalue weighted by molar-refractivity contribution is 0.0939. The van der Waals surface area contributed by atoms with Crippen LogP contribution in [-0.2, 0) is 0 Å². The van der Waals surface area contributed by atoms with E-state index in [0.717, 1.165) is 11.3 Å². The van der Waals surface area contributed by atoms with Crippen LogP contribution in [0.3, 0.4) is 0 Å². The van der Waals surface area contributed by atoms with Crippen LogP contribution in [0.5, 0.6) is 0 Å². The van der Waals surface area contributed by atoms with Gasteiger partial charge in [0, 0.05) is 17.8 Å². The van der Waals surface area contributed by atoms with Crippen molar-refractivity contribution in [1.29, 1.82) is 0 Å². The quantitative estimate of drug-likeness (QED) is 0.875. The van der Waals surface area contributed by atoms with Crippen molar-refractivity contribution in [1.82, 2.24) is 15.5 Å². The fourth-order valence-electron chi connectivity index (χ4n) is 2.01. The number of aromatic nitrogens is 2. The van der Waals surface area contributed by atoms with Gasteiger partial charge in [-0.2, -0.15) is 0 Å². The van der Waals surface area contributed by atoms with Crippen molar-refractivity contribution in [2.24, 2.45) is 0 Å². The van der Waals surface area contributed by atoms with E-state index >= 15 is 0 Å². The smallest absolute Gasteiger partial charge is 0.253 e. The van der Waals surface area contributed by atoms with E-state index in [4.69, 9.17) is 4.52 Å². The van der Waals surface area contributed by atoms with Crippen LogP contribution in [-0.4, -0.2) is 16.0 Å². The van der Waals surface area contributed by atoms with Crippen LogP contribution in [0.15, 0.2) is 27.6 Å². The number of pyridine rings is 1. The Kier molecular flexibility index (Phi) is 3.50. The second-order valence-electron chi connectivity index (χ2n) is 4.37. The van der Waals surface area contributed by atoms with Gasteiger partial charge in [-0.1, -0.05) is 5.16 Å². The van der Waals surface area contributed by atoms with E-state index in [2.05, 4.69) is 15.5 Å². The fourth-order valence-corrected chi connectivity index (χ4v) is 2.01. The highest BCUT2D eigenvalue weighted by Gasteiger charge is 2.18. The third-order valence-corrected chi connectivity index (χ3v) is 2.92. The van der Waals surface area contributed by atoms with Crippen LogP contribution >= 0.6 is 0 Å². The first-order valence-electron chi connectivity index (χ1n) is 5.91. The van der Waals surface area contributed by atoms with E-state index in [1.165, 1.54) is 18.3 Å². The number of rotatable bonds is 3. The molecule has 0 spiro atoms. The Balaban J connectivity index is 2.15. The first kappa shape index (κ1) is 13.1. The van der Waals surface area contributed by atoms with Crippen LogP contribution in [0.25, 0.3) is 0 Å². The van der Waals surface area contributed by atoms with Crippen molar-refractivity contribution in [2.45, 2.75) is 26.8 Å². The zero-order valence-electron chi connectivity index (χ0n) is 11.0. The van der Waals surface area contributed by atoms with E-state index < -0.39 is 0 Å². The summed E-state index contributed by atoms with van der Waals surface area (Å²) >= 11 is 0. The molecule has 2 aromatic heterocycles. The molecule has 2 heterocycles. The molecule has 6 nitrogen and oxygen atoms in total. The van der Waals surface area contributed by atoms with Gasteiger partial charge in [0.1, 0.15) is 5.76 Å². The molecule has 19 heavy (non-hydrogen) atoms. The summed E-state index contributed by atoms with van der Waals surface area (Å²) in [6, 6.07) is 2.58. The Morgan fingerprint density at radius 2 is 2.16 bits per heavy atom. The SMILES string of the molecule is Cc1noc(C)c1C(C)NC(=O)c1ccc(=O)[nH]c1. The van der Waals surface area contributed by atoms with Crippen molar-refractivity contribution in [3.63, 3.8) is 0 Å². The zero-order chi connectivity index (χ0) is 14.0. The molecule has 0 aliphatic rings. The summed E-state index contributed by atoms with van der Waals surface area (Å²) in [6.45, 7) is 5.49. The van der Waals surface area contributed by atoms with Crippen LogP contribution in [0, 0.1) is 13.8 Å². The second kappa shape index (κ2) is 5.09. The average molecular weight is 261 g/mol. The summed E-state index contributed by atoms with van der Waals surface area (Å²) in [4.78, 5) is 25.4. The lowest BCUT2D eigenvalue weighted by atomic mass is 10.1. The molecular weight excluding hydrogens is 246 g/mol. The predicted octanol–water partition coefficient (Wildman–Crippen LogP) is 1.47. The Morgan fingerprint density at radius 1 is 1.42 bits per heavy atom. The normalized spacial score (nSPS) is 12.2. The number of aromatic amines is 1. The first-order chi connectivity index (χ1) is 8.99. The number of carbonyl (C=O) groups is 1. The molecule has 0 aliphatic carbocycles. The van der Waals surface area contributed by atoms with Crippen LogP contribution in [0.1, 0.15) is 40.3 Å². The molecule has 0 radical (unpaired) electrons. The molecule has 0 fully saturated rings. The number of amides is 1. The number of aryl methyl sites for hydroxylation is 2. The third kappa shape index (κ3) is 2.73. The largest absolute Gasteiger partial charge is 0.361 e. The molecule has 0 aliphatic heterocycles. The van der Waals surface area contributed by atoms with Crippen LogP contribution in [0.2, 0.25) is 0 Å². The van der Waals surface area contributed by atoms with E-state index in [-0.39, 0.29) is 17.5 Å². The molecule has 100 valence electrons. The minimum absolute atomic E-state index is 0.217. The highest BCUT2D eigenvalue weighted by Crippen LogP contribution is 2.21. The summed E-state index contributed by atoms with van der Waals surface area (Å²) in [5.74, 6) is 0.426. The number of hydrogen-bond donors (Lipinski definition) is 2. The summed E-state index contributed by atoms with van der Waals surface area (Å²) < 4.78 is 5.07. The maximum atomic E-state index is 12.0. The van der Waals surface area contributed by atoms with Gasteiger partial charge in [0.15, 0.2) is 0 Å². The molecule has 2 aromatic rings. The van der Waals surface area contributed by atoms with Crippen molar-refractivity contribution in [3.05, 3.63) is 51.3 Å². The molecular formula is C13H15N3O3. The highest BCUT2D eigenvalue weighted by molar-refractivity contribution is 5.94. The lowest BCUT2D eigenvalue weighted by Gasteiger charge is -2.13. The molecule has 2 rings (SSSR count). The minimum Gasteiger partial charge on any atom is -0.361 e. The second-order valence-corrected chi connectivity index (χ2v) is 4.37. The van der Waals surface area contributed by atoms with Gasteiger partial charge in [-0.15, -0.1) is 0 Å². The minimum atomic E-state index is -0.260. The van der Waals surface area contributed by atoms with Gasteiger partial charge in [-0.05, 0) is 26.8 Å². The maximum Gasteiger partial charge on any atom is 0.253 e. The van der Waals surface area contributed by atoms with Gasteiger partial charge in [-0.3, -0.25) is 9.59 Å². The molecule has 2 N–H and O–H groups in total. The number of nitrogens with one attached hydrogen (secondary N) is 2. The Morgan fingerprint density at radius 3 is 2.68 bits per heavy atom. The molecule has 1 amide bonds. The first-order valence-corrected chi connectivity index (χ1v) is 5.91. The summed E-state index contributed by atoms with van der Waals surface area (Å²) in [5, 5.41) is 6.69. The van der Waals surface area contributed by atoms with E-state index in [0.29, 0.717) is 11.3 Å². The van der Waals surface area contributed by atoms with Crippen molar-refractivity contribution in [2.75, 3.05) is 0 Å². The van der Waals surface area contributed by atoms with Crippen LogP contribution in [0.4, 0.5) is 0 Å². The highest BCUT2D eigenvalue weighted by atomic mass is 16.5. The number of nitrogens with zero attached hydrogens (tertiary/aromatic N) is 1. The molecule has 0 saturated carbocycles. The predicted molar refractivity (Wildman–Crippen MR) is 68.9 cm³/mol. The number of carbonyl (C=O) groups excluding carboxylic acids is 1. The lowest BCUT2D eigenvalue weighted by Crippen LogP contribution is -2.27. The van der Waals surface area contributed by atoms with Gasteiger partial charge in [-0.25, -0.2) is 0 Å². The third-order valence-electron chi connectivity index (χ3n) is 2.92. The van der Waals surface area contributed by atoms with E-state index in [1.54, 1.807) is 6.92 Å². The van der Waals surface area contributed by atoms with Crippen LogP contribution < -0.4 is 10.9 Å². The Labute approximate surface area is 109 Å². The number of H-pyrrole nitrogens is 1. The Hall–Kier alpha value is -2.37. The molecule has 0 saturated heterocycles. The average Bonchev–Trinajstić information content (AvgIpc) is 2.69. The fraction of sp³-hybridized carbons (Fsp3) is 0.308. The molecule has 0 bridgehead atoms. The Bertz CT molecular complexity index is 617.